The number of piperidine rings is 1. The summed E-state index contributed by atoms with van der Waals surface area (Å²) < 4.78 is 5.20. The van der Waals surface area contributed by atoms with E-state index in [0.717, 1.165) is 41.8 Å². The Kier molecular flexibility index (Phi) is 5.79. The molecule has 1 fully saturated rings. The van der Waals surface area contributed by atoms with Gasteiger partial charge in [-0.2, -0.15) is 0 Å². The molecule has 0 amide bonds. The number of ether oxygens (including phenoxy) is 1. The van der Waals surface area contributed by atoms with E-state index in [4.69, 9.17) is 4.74 Å². The largest absolute Gasteiger partial charge is 0.497 e. The predicted octanol–water partition coefficient (Wildman–Crippen LogP) is 5.27. The number of aryl methyl sites for hydroxylation is 1. The molecule has 2 heterocycles. The zero-order valence-electron chi connectivity index (χ0n) is 17.0. The number of methoxy groups -OCH3 is 1. The molecule has 1 aliphatic heterocycles. The second kappa shape index (κ2) is 8.82. The lowest BCUT2D eigenvalue weighted by Crippen LogP contribution is -2.29. The highest BCUT2D eigenvalue weighted by atomic mass is 16.5. The highest BCUT2D eigenvalue weighted by Gasteiger charge is 2.11. The van der Waals surface area contributed by atoms with Crippen LogP contribution >= 0.6 is 0 Å². The van der Waals surface area contributed by atoms with Gasteiger partial charge in [-0.05, 0) is 74.7 Å². The third-order valence-electron chi connectivity index (χ3n) is 5.06. The Balaban J connectivity index is 1.45. The molecule has 1 saturated heterocycles. The summed E-state index contributed by atoms with van der Waals surface area (Å²) in [7, 11) is 1.66. The van der Waals surface area contributed by atoms with Crippen molar-refractivity contribution in [3.05, 3.63) is 60.4 Å². The van der Waals surface area contributed by atoms with Gasteiger partial charge in [-0.25, -0.2) is 9.97 Å². The van der Waals surface area contributed by atoms with Crippen LogP contribution < -0.4 is 20.3 Å². The summed E-state index contributed by atoms with van der Waals surface area (Å²) in [5.74, 6) is 3.04. The van der Waals surface area contributed by atoms with E-state index in [-0.39, 0.29) is 0 Å². The van der Waals surface area contributed by atoms with Crippen molar-refractivity contribution in [2.75, 3.05) is 35.7 Å². The van der Waals surface area contributed by atoms with Gasteiger partial charge in [-0.15, -0.1) is 0 Å². The average Bonchev–Trinajstić information content (AvgIpc) is 2.75. The summed E-state index contributed by atoms with van der Waals surface area (Å²) in [6, 6.07) is 18.2. The van der Waals surface area contributed by atoms with Gasteiger partial charge in [-0.1, -0.05) is 0 Å². The van der Waals surface area contributed by atoms with Crippen molar-refractivity contribution in [1.82, 2.24) is 9.97 Å². The van der Waals surface area contributed by atoms with Crippen LogP contribution in [0.25, 0.3) is 0 Å². The van der Waals surface area contributed by atoms with Gasteiger partial charge in [0.1, 0.15) is 23.2 Å². The molecule has 0 aliphatic carbocycles. The number of rotatable bonds is 6. The van der Waals surface area contributed by atoms with Crippen molar-refractivity contribution >= 4 is 28.7 Å². The summed E-state index contributed by atoms with van der Waals surface area (Å²) in [4.78, 5) is 11.5. The molecule has 29 heavy (non-hydrogen) atoms. The number of nitrogens with one attached hydrogen (secondary N) is 2. The third-order valence-corrected chi connectivity index (χ3v) is 5.06. The summed E-state index contributed by atoms with van der Waals surface area (Å²) in [6.45, 7) is 4.19. The molecule has 1 aromatic heterocycles. The zero-order chi connectivity index (χ0) is 20.1. The van der Waals surface area contributed by atoms with Gasteiger partial charge in [0.15, 0.2) is 0 Å². The second-order valence-electron chi connectivity index (χ2n) is 7.26. The van der Waals surface area contributed by atoms with E-state index in [2.05, 4.69) is 49.8 Å². The molecule has 0 spiro atoms. The summed E-state index contributed by atoms with van der Waals surface area (Å²) in [6.07, 6.45) is 3.91. The van der Waals surface area contributed by atoms with Crippen LogP contribution in [0, 0.1) is 6.92 Å². The lowest BCUT2D eigenvalue weighted by atomic mass is 10.1. The molecule has 1 aliphatic rings. The molecule has 2 N–H and O–H groups in total. The minimum Gasteiger partial charge on any atom is -0.497 e. The number of anilines is 5. The van der Waals surface area contributed by atoms with Crippen LogP contribution in [-0.4, -0.2) is 30.2 Å². The number of aromatic nitrogens is 2. The minimum absolute atomic E-state index is 0.705. The molecule has 0 unspecified atom stereocenters. The Bertz CT molecular complexity index is 934. The van der Waals surface area contributed by atoms with E-state index in [1.54, 1.807) is 7.11 Å². The van der Waals surface area contributed by atoms with Crippen LogP contribution in [-0.2, 0) is 0 Å². The van der Waals surface area contributed by atoms with E-state index in [9.17, 15) is 0 Å². The van der Waals surface area contributed by atoms with Crippen LogP contribution in [0.1, 0.15) is 25.1 Å². The second-order valence-corrected chi connectivity index (χ2v) is 7.26. The van der Waals surface area contributed by atoms with E-state index >= 15 is 0 Å². The lowest BCUT2D eigenvalue weighted by Gasteiger charge is -2.28. The maximum atomic E-state index is 5.20. The first-order valence-corrected chi connectivity index (χ1v) is 10.1. The maximum Gasteiger partial charge on any atom is 0.136 e. The van der Waals surface area contributed by atoms with E-state index in [1.165, 1.54) is 24.9 Å². The molecule has 0 radical (unpaired) electrons. The van der Waals surface area contributed by atoms with Crippen molar-refractivity contribution in [2.45, 2.75) is 26.2 Å². The Hall–Kier alpha value is -3.28. The normalized spacial score (nSPS) is 13.8. The van der Waals surface area contributed by atoms with Crippen LogP contribution in [0.5, 0.6) is 5.75 Å². The van der Waals surface area contributed by atoms with E-state index in [1.807, 2.05) is 37.3 Å². The molecule has 0 atom stereocenters. The van der Waals surface area contributed by atoms with E-state index in [0.29, 0.717) is 5.82 Å². The summed E-state index contributed by atoms with van der Waals surface area (Å²) in [5, 5.41) is 6.71. The Morgan fingerprint density at radius 2 is 1.34 bits per heavy atom. The van der Waals surface area contributed by atoms with Gasteiger partial charge in [0.2, 0.25) is 0 Å². The molecule has 4 rings (SSSR count). The summed E-state index contributed by atoms with van der Waals surface area (Å²) in [5.41, 5.74) is 3.25. The molecule has 2 aromatic carbocycles. The van der Waals surface area contributed by atoms with Crippen LogP contribution in [0.15, 0.2) is 54.6 Å². The van der Waals surface area contributed by atoms with Crippen LogP contribution in [0.4, 0.5) is 28.7 Å². The van der Waals surface area contributed by atoms with Gasteiger partial charge in [0.25, 0.3) is 0 Å². The minimum atomic E-state index is 0.705. The molecule has 0 bridgehead atoms. The van der Waals surface area contributed by atoms with E-state index < -0.39 is 0 Å². The fourth-order valence-corrected chi connectivity index (χ4v) is 3.57. The van der Waals surface area contributed by atoms with Crippen molar-refractivity contribution in [1.29, 1.82) is 0 Å². The first-order chi connectivity index (χ1) is 14.2. The number of hydrogen-bond acceptors (Lipinski definition) is 6. The molecule has 3 aromatic rings. The molecular weight excluding hydrogens is 362 g/mol. The summed E-state index contributed by atoms with van der Waals surface area (Å²) >= 11 is 0. The SMILES string of the molecule is COc1ccc(Nc2cc(Nc3ccc(N4CCCCC4)cc3)nc(C)n2)cc1. The molecule has 0 saturated carbocycles. The molecular formula is C23H27N5O. The average molecular weight is 390 g/mol. The quantitative estimate of drug-likeness (QED) is 0.599. The fraction of sp³-hybridized carbons (Fsp3) is 0.304. The standard InChI is InChI=1S/C23H27N5O/c1-17-24-22(16-23(25-17)27-19-8-12-21(29-2)13-9-19)26-18-6-10-20(11-7-18)28-14-4-3-5-15-28/h6-13,16H,3-5,14-15H2,1-2H3,(H2,24,25,26,27). The van der Waals surface area contributed by atoms with Crippen molar-refractivity contribution in [2.24, 2.45) is 0 Å². The van der Waals surface area contributed by atoms with Crippen molar-refractivity contribution < 1.29 is 4.74 Å². The zero-order valence-corrected chi connectivity index (χ0v) is 17.0. The Morgan fingerprint density at radius 3 is 1.90 bits per heavy atom. The Morgan fingerprint density at radius 1 is 0.793 bits per heavy atom. The number of nitrogens with zero attached hydrogens (tertiary/aromatic N) is 3. The van der Waals surface area contributed by atoms with Crippen LogP contribution in [0.2, 0.25) is 0 Å². The Labute approximate surface area is 172 Å². The number of hydrogen-bond donors (Lipinski definition) is 2. The van der Waals surface area contributed by atoms with Crippen molar-refractivity contribution in [3.8, 4) is 5.75 Å². The number of benzene rings is 2. The van der Waals surface area contributed by atoms with Gasteiger partial charge in [0, 0.05) is 36.2 Å². The molecule has 6 nitrogen and oxygen atoms in total. The monoisotopic (exact) mass is 389 g/mol. The maximum absolute atomic E-state index is 5.20. The highest BCUT2D eigenvalue weighted by Crippen LogP contribution is 2.25. The van der Waals surface area contributed by atoms with Gasteiger partial charge >= 0.3 is 0 Å². The van der Waals surface area contributed by atoms with Crippen molar-refractivity contribution in [3.63, 3.8) is 0 Å². The highest BCUT2D eigenvalue weighted by molar-refractivity contribution is 5.65. The molecule has 6 heteroatoms. The third kappa shape index (κ3) is 4.96. The fourth-order valence-electron chi connectivity index (χ4n) is 3.57. The van der Waals surface area contributed by atoms with Gasteiger partial charge in [-0.3, -0.25) is 0 Å². The lowest BCUT2D eigenvalue weighted by molar-refractivity contribution is 0.415. The topological polar surface area (TPSA) is 62.3 Å². The molecule has 150 valence electrons. The van der Waals surface area contributed by atoms with Crippen LogP contribution in [0.3, 0.4) is 0 Å². The first kappa shape index (κ1) is 19.1. The smallest absolute Gasteiger partial charge is 0.136 e. The van der Waals surface area contributed by atoms with Gasteiger partial charge < -0.3 is 20.3 Å². The first-order valence-electron chi connectivity index (χ1n) is 10.1. The van der Waals surface area contributed by atoms with Gasteiger partial charge in [0.05, 0.1) is 7.11 Å². The predicted molar refractivity (Wildman–Crippen MR) is 119 cm³/mol.